The van der Waals surface area contributed by atoms with Crippen LogP contribution in [0.1, 0.15) is 15.9 Å². The van der Waals surface area contributed by atoms with Gasteiger partial charge in [0.1, 0.15) is 0 Å². The molecular weight excluding hydrogens is 236 g/mol. The van der Waals surface area contributed by atoms with Gasteiger partial charge in [0.05, 0.1) is 0 Å². The first kappa shape index (κ1) is 13.1. The van der Waals surface area contributed by atoms with E-state index in [1.54, 1.807) is 0 Å². The van der Waals surface area contributed by atoms with E-state index in [1.165, 1.54) is 5.56 Å². The van der Waals surface area contributed by atoms with Crippen molar-refractivity contribution < 1.29 is 4.79 Å². The van der Waals surface area contributed by atoms with E-state index in [4.69, 9.17) is 0 Å². The van der Waals surface area contributed by atoms with Crippen molar-refractivity contribution >= 4 is 11.6 Å². The number of carbonyl (C=O) groups is 1. The summed E-state index contributed by atoms with van der Waals surface area (Å²) in [4.78, 5) is 11.9. The van der Waals surface area contributed by atoms with Gasteiger partial charge in [-0.3, -0.25) is 4.79 Å². The first-order valence-electron chi connectivity index (χ1n) is 6.40. The largest absolute Gasteiger partial charge is 0.388 e. The predicted octanol–water partition coefficient (Wildman–Crippen LogP) is 2.70. The molecule has 19 heavy (non-hydrogen) atoms. The van der Waals surface area contributed by atoms with Gasteiger partial charge in [0.25, 0.3) is 5.91 Å². The highest BCUT2D eigenvalue weighted by Gasteiger charge is 2.04. The maximum Gasteiger partial charge on any atom is 0.251 e. The lowest BCUT2D eigenvalue weighted by atomic mass is 10.1. The average Bonchev–Trinajstić information content (AvgIpc) is 2.48. The minimum Gasteiger partial charge on any atom is -0.388 e. The lowest BCUT2D eigenvalue weighted by Crippen LogP contribution is -2.25. The van der Waals surface area contributed by atoms with Crippen molar-refractivity contribution in [3.8, 4) is 0 Å². The van der Waals surface area contributed by atoms with E-state index in [0.717, 1.165) is 12.1 Å². The van der Waals surface area contributed by atoms with Crippen LogP contribution in [0, 0.1) is 0 Å². The number of anilines is 1. The standard InChI is InChI=1S/C16H18N2O/c1-17-15-10-6-5-7-13(15)11-12-18-16(19)14-8-3-2-4-9-14/h2-10,17H,11-12H2,1H3,(H,18,19). The number of hydrogen-bond donors (Lipinski definition) is 2. The first-order chi connectivity index (χ1) is 9.31. The number of rotatable bonds is 5. The highest BCUT2D eigenvalue weighted by atomic mass is 16.1. The Morgan fingerprint density at radius 2 is 1.68 bits per heavy atom. The fourth-order valence-electron chi connectivity index (χ4n) is 1.98. The third kappa shape index (κ3) is 3.58. The number of benzene rings is 2. The summed E-state index contributed by atoms with van der Waals surface area (Å²) in [6, 6.07) is 17.4. The maximum absolute atomic E-state index is 11.9. The van der Waals surface area contributed by atoms with E-state index in [9.17, 15) is 4.79 Å². The molecule has 3 nitrogen and oxygen atoms in total. The zero-order chi connectivity index (χ0) is 13.5. The second kappa shape index (κ2) is 6.59. The molecule has 2 N–H and O–H groups in total. The van der Waals surface area contributed by atoms with Gasteiger partial charge in [0, 0.05) is 24.8 Å². The molecule has 0 unspecified atom stereocenters. The van der Waals surface area contributed by atoms with Crippen molar-refractivity contribution in [2.45, 2.75) is 6.42 Å². The van der Waals surface area contributed by atoms with Crippen molar-refractivity contribution in [1.29, 1.82) is 0 Å². The van der Waals surface area contributed by atoms with Crippen LogP contribution in [0.15, 0.2) is 54.6 Å². The summed E-state index contributed by atoms with van der Waals surface area (Å²) in [7, 11) is 1.90. The van der Waals surface area contributed by atoms with Crippen LogP contribution in [-0.2, 0) is 6.42 Å². The minimum absolute atomic E-state index is 0.0254. The van der Waals surface area contributed by atoms with Crippen LogP contribution in [0.5, 0.6) is 0 Å². The van der Waals surface area contributed by atoms with Gasteiger partial charge in [-0.2, -0.15) is 0 Å². The maximum atomic E-state index is 11.9. The summed E-state index contributed by atoms with van der Waals surface area (Å²) in [6.45, 7) is 0.631. The lowest BCUT2D eigenvalue weighted by Gasteiger charge is -2.09. The molecule has 0 heterocycles. The highest BCUT2D eigenvalue weighted by Crippen LogP contribution is 2.14. The van der Waals surface area contributed by atoms with Gasteiger partial charge in [-0.25, -0.2) is 0 Å². The number of hydrogen-bond acceptors (Lipinski definition) is 2. The van der Waals surface area contributed by atoms with E-state index in [-0.39, 0.29) is 5.91 Å². The molecule has 2 aromatic carbocycles. The van der Waals surface area contributed by atoms with E-state index in [1.807, 2.05) is 55.6 Å². The van der Waals surface area contributed by atoms with E-state index in [0.29, 0.717) is 12.1 Å². The number of nitrogens with one attached hydrogen (secondary N) is 2. The predicted molar refractivity (Wildman–Crippen MR) is 78.5 cm³/mol. The van der Waals surface area contributed by atoms with E-state index >= 15 is 0 Å². The van der Waals surface area contributed by atoms with E-state index < -0.39 is 0 Å². The van der Waals surface area contributed by atoms with Gasteiger partial charge >= 0.3 is 0 Å². The van der Waals surface area contributed by atoms with Crippen LogP contribution < -0.4 is 10.6 Å². The third-order valence-corrected chi connectivity index (χ3v) is 3.00. The molecule has 98 valence electrons. The normalized spacial score (nSPS) is 9.95. The zero-order valence-electron chi connectivity index (χ0n) is 11.0. The van der Waals surface area contributed by atoms with Crippen molar-refractivity contribution in [2.75, 3.05) is 18.9 Å². The van der Waals surface area contributed by atoms with Gasteiger partial charge in [-0.05, 0) is 30.2 Å². The van der Waals surface area contributed by atoms with Crippen molar-refractivity contribution in [3.63, 3.8) is 0 Å². The molecule has 0 spiro atoms. The van der Waals surface area contributed by atoms with Gasteiger partial charge in [-0.1, -0.05) is 36.4 Å². The molecule has 0 aliphatic heterocycles. The fourth-order valence-corrected chi connectivity index (χ4v) is 1.98. The molecule has 2 rings (SSSR count). The van der Waals surface area contributed by atoms with Gasteiger partial charge in [0.2, 0.25) is 0 Å². The second-order valence-electron chi connectivity index (χ2n) is 4.28. The summed E-state index contributed by atoms with van der Waals surface area (Å²) >= 11 is 0. The molecule has 1 amide bonds. The number of amides is 1. The Balaban J connectivity index is 1.88. The first-order valence-corrected chi connectivity index (χ1v) is 6.40. The monoisotopic (exact) mass is 254 g/mol. The summed E-state index contributed by atoms with van der Waals surface area (Å²) in [6.07, 6.45) is 0.815. The van der Waals surface area contributed by atoms with Gasteiger partial charge in [0.15, 0.2) is 0 Å². The Kier molecular flexibility index (Phi) is 4.56. The Hall–Kier alpha value is -2.29. The number of para-hydroxylation sites is 1. The molecule has 2 aromatic rings. The van der Waals surface area contributed by atoms with Crippen LogP contribution in [-0.4, -0.2) is 19.5 Å². The molecule has 0 saturated heterocycles. The molecule has 0 radical (unpaired) electrons. The van der Waals surface area contributed by atoms with Crippen LogP contribution >= 0.6 is 0 Å². The second-order valence-corrected chi connectivity index (χ2v) is 4.28. The van der Waals surface area contributed by atoms with Crippen molar-refractivity contribution in [3.05, 3.63) is 65.7 Å². The smallest absolute Gasteiger partial charge is 0.251 e. The summed E-state index contributed by atoms with van der Waals surface area (Å²) in [5.41, 5.74) is 3.01. The number of carbonyl (C=O) groups excluding carboxylic acids is 1. The molecule has 0 fully saturated rings. The average molecular weight is 254 g/mol. The fraction of sp³-hybridized carbons (Fsp3) is 0.188. The van der Waals surface area contributed by atoms with E-state index in [2.05, 4.69) is 16.7 Å². The Morgan fingerprint density at radius 1 is 1.00 bits per heavy atom. The van der Waals surface area contributed by atoms with Crippen LogP contribution in [0.4, 0.5) is 5.69 Å². The summed E-state index contributed by atoms with van der Waals surface area (Å²) in [5.74, 6) is -0.0254. The molecule has 0 atom stereocenters. The minimum atomic E-state index is -0.0254. The summed E-state index contributed by atoms with van der Waals surface area (Å²) < 4.78 is 0. The molecule has 0 aliphatic rings. The molecule has 0 aliphatic carbocycles. The Morgan fingerprint density at radius 3 is 2.42 bits per heavy atom. The Bertz CT molecular complexity index is 537. The molecule has 3 heteroatoms. The molecule has 0 saturated carbocycles. The van der Waals surface area contributed by atoms with Crippen molar-refractivity contribution in [2.24, 2.45) is 0 Å². The highest BCUT2D eigenvalue weighted by molar-refractivity contribution is 5.94. The van der Waals surface area contributed by atoms with Crippen LogP contribution in [0.25, 0.3) is 0 Å². The zero-order valence-corrected chi connectivity index (χ0v) is 11.0. The van der Waals surface area contributed by atoms with Crippen LogP contribution in [0.2, 0.25) is 0 Å². The quantitative estimate of drug-likeness (QED) is 0.861. The Labute approximate surface area is 113 Å². The molecule has 0 bridgehead atoms. The van der Waals surface area contributed by atoms with Crippen molar-refractivity contribution in [1.82, 2.24) is 5.32 Å². The topological polar surface area (TPSA) is 41.1 Å². The molecular formula is C16H18N2O. The van der Waals surface area contributed by atoms with Gasteiger partial charge < -0.3 is 10.6 Å². The SMILES string of the molecule is CNc1ccccc1CCNC(=O)c1ccccc1. The van der Waals surface area contributed by atoms with Gasteiger partial charge in [-0.15, -0.1) is 0 Å². The lowest BCUT2D eigenvalue weighted by molar-refractivity contribution is 0.0954. The molecule has 0 aromatic heterocycles. The third-order valence-electron chi connectivity index (χ3n) is 3.00. The summed E-state index contributed by atoms with van der Waals surface area (Å²) in [5, 5.41) is 6.08. The van der Waals surface area contributed by atoms with Crippen LogP contribution in [0.3, 0.4) is 0 Å².